The molecule has 0 aliphatic heterocycles. The molecule has 15 heavy (non-hydrogen) atoms. The van der Waals surface area contributed by atoms with Crippen LogP contribution in [-0.4, -0.2) is 18.3 Å². The monoisotopic (exact) mass is 208 g/mol. The normalized spacial score (nSPS) is 9.53. The lowest BCUT2D eigenvalue weighted by Crippen LogP contribution is -1.96. The van der Waals surface area contributed by atoms with Gasteiger partial charge in [0.05, 0.1) is 6.61 Å². The van der Waals surface area contributed by atoms with Crippen molar-refractivity contribution in [2.45, 2.75) is 13.5 Å². The minimum Gasteiger partial charge on any atom is -0.384 e. The van der Waals surface area contributed by atoms with Gasteiger partial charge in [-0.1, -0.05) is 17.9 Å². The molecule has 0 unspecified atom stereocenters. The van der Waals surface area contributed by atoms with Crippen LogP contribution in [0.3, 0.4) is 0 Å². The average Bonchev–Trinajstić information content (AvgIpc) is 2.25. The summed E-state index contributed by atoms with van der Waals surface area (Å²) in [6.07, 6.45) is 0. The Morgan fingerprint density at radius 1 is 1.47 bits per heavy atom. The van der Waals surface area contributed by atoms with Gasteiger partial charge in [-0.3, -0.25) is 0 Å². The second-order valence-electron chi connectivity index (χ2n) is 2.90. The maximum Gasteiger partial charge on any atom is 0.129 e. The predicted molar refractivity (Wildman–Crippen MR) is 55.7 cm³/mol. The fourth-order valence-electron chi connectivity index (χ4n) is 1.10. The summed E-state index contributed by atoms with van der Waals surface area (Å²) in [5, 5.41) is 8.48. The highest BCUT2D eigenvalue weighted by Gasteiger charge is 2.01. The second-order valence-corrected chi connectivity index (χ2v) is 2.90. The van der Waals surface area contributed by atoms with Gasteiger partial charge < -0.3 is 9.84 Å². The van der Waals surface area contributed by atoms with Gasteiger partial charge in [0.2, 0.25) is 0 Å². The molecule has 0 atom stereocenters. The van der Waals surface area contributed by atoms with E-state index < -0.39 is 0 Å². The zero-order chi connectivity index (χ0) is 11.1. The SMILES string of the molecule is CCOCc1ccc(C#CCO)cc1F. The minimum absolute atomic E-state index is 0.220. The van der Waals surface area contributed by atoms with Gasteiger partial charge in [0, 0.05) is 17.7 Å². The Kier molecular flexibility index (Phi) is 4.82. The lowest BCUT2D eigenvalue weighted by Gasteiger charge is -2.03. The molecule has 1 aromatic rings. The predicted octanol–water partition coefficient (Wildman–Crippen LogP) is 1.71. The molecular weight excluding hydrogens is 195 g/mol. The van der Waals surface area contributed by atoms with E-state index in [2.05, 4.69) is 11.8 Å². The summed E-state index contributed by atoms with van der Waals surface area (Å²) in [7, 11) is 0. The van der Waals surface area contributed by atoms with Gasteiger partial charge in [-0.05, 0) is 19.1 Å². The largest absolute Gasteiger partial charge is 0.384 e. The van der Waals surface area contributed by atoms with Gasteiger partial charge in [-0.15, -0.1) is 0 Å². The quantitative estimate of drug-likeness (QED) is 0.766. The van der Waals surface area contributed by atoms with E-state index in [0.29, 0.717) is 17.7 Å². The van der Waals surface area contributed by atoms with Crippen LogP contribution in [0.5, 0.6) is 0 Å². The van der Waals surface area contributed by atoms with Crippen LogP contribution < -0.4 is 0 Å². The van der Waals surface area contributed by atoms with Crippen LogP contribution in [0.25, 0.3) is 0 Å². The Morgan fingerprint density at radius 2 is 2.27 bits per heavy atom. The molecule has 1 N–H and O–H groups in total. The van der Waals surface area contributed by atoms with Crippen LogP contribution in [0, 0.1) is 17.7 Å². The number of halogens is 1. The van der Waals surface area contributed by atoms with E-state index in [4.69, 9.17) is 9.84 Å². The minimum atomic E-state index is -0.326. The number of benzene rings is 1. The van der Waals surface area contributed by atoms with Gasteiger partial charge in [0.1, 0.15) is 12.4 Å². The highest BCUT2D eigenvalue weighted by Crippen LogP contribution is 2.10. The van der Waals surface area contributed by atoms with Crippen LogP contribution >= 0.6 is 0 Å². The summed E-state index contributed by atoms with van der Waals surface area (Å²) >= 11 is 0. The summed E-state index contributed by atoms with van der Waals surface area (Å²) < 4.78 is 18.5. The molecule has 0 amide bonds. The van der Waals surface area contributed by atoms with Crippen LogP contribution in [-0.2, 0) is 11.3 Å². The molecule has 0 heterocycles. The van der Waals surface area contributed by atoms with Crippen molar-refractivity contribution in [2.24, 2.45) is 0 Å². The highest BCUT2D eigenvalue weighted by atomic mass is 19.1. The fraction of sp³-hybridized carbons (Fsp3) is 0.333. The van der Waals surface area contributed by atoms with Gasteiger partial charge in [-0.25, -0.2) is 4.39 Å². The Bertz CT molecular complexity index is 377. The van der Waals surface area contributed by atoms with Crippen molar-refractivity contribution in [3.63, 3.8) is 0 Å². The lowest BCUT2D eigenvalue weighted by atomic mass is 10.1. The third-order valence-electron chi connectivity index (χ3n) is 1.83. The first-order valence-electron chi connectivity index (χ1n) is 4.73. The van der Waals surface area contributed by atoms with E-state index in [9.17, 15) is 4.39 Å². The molecule has 0 saturated heterocycles. The molecule has 0 spiro atoms. The number of hydrogen-bond acceptors (Lipinski definition) is 2. The van der Waals surface area contributed by atoms with Crippen molar-refractivity contribution in [1.82, 2.24) is 0 Å². The molecule has 0 aliphatic carbocycles. The van der Waals surface area contributed by atoms with E-state index in [0.717, 1.165) is 0 Å². The van der Waals surface area contributed by atoms with Crippen molar-refractivity contribution in [2.75, 3.05) is 13.2 Å². The molecule has 1 rings (SSSR count). The van der Waals surface area contributed by atoms with E-state index in [1.54, 1.807) is 12.1 Å². The molecular formula is C12H13FO2. The van der Waals surface area contributed by atoms with Crippen LogP contribution in [0.1, 0.15) is 18.1 Å². The Labute approximate surface area is 88.7 Å². The highest BCUT2D eigenvalue weighted by molar-refractivity contribution is 5.36. The molecule has 0 aromatic heterocycles. The number of rotatable bonds is 3. The summed E-state index contributed by atoms with van der Waals surface area (Å²) in [5.41, 5.74) is 1.08. The second kappa shape index (κ2) is 6.18. The molecule has 0 aliphatic rings. The number of hydrogen-bond donors (Lipinski definition) is 1. The van der Waals surface area contributed by atoms with E-state index >= 15 is 0 Å². The van der Waals surface area contributed by atoms with Crippen molar-refractivity contribution in [3.05, 3.63) is 35.1 Å². The summed E-state index contributed by atoms with van der Waals surface area (Å²) in [5.74, 6) is 4.77. The number of ether oxygens (including phenoxy) is 1. The van der Waals surface area contributed by atoms with Crippen molar-refractivity contribution >= 4 is 0 Å². The molecule has 0 radical (unpaired) electrons. The third kappa shape index (κ3) is 3.70. The first-order valence-corrected chi connectivity index (χ1v) is 4.73. The Hall–Kier alpha value is -1.37. The van der Waals surface area contributed by atoms with Crippen molar-refractivity contribution < 1.29 is 14.2 Å². The number of aliphatic hydroxyl groups is 1. The zero-order valence-electron chi connectivity index (χ0n) is 8.59. The first-order chi connectivity index (χ1) is 7.27. The standard InChI is InChI=1S/C12H13FO2/c1-2-15-9-11-6-5-10(4-3-7-14)8-12(11)13/h5-6,8,14H,2,7,9H2,1H3. The van der Waals surface area contributed by atoms with E-state index in [1.807, 2.05) is 6.92 Å². The van der Waals surface area contributed by atoms with Crippen molar-refractivity contribution in [3.8, 4) is 11.8 Å². The van der Waals surface area contributed by atoms with Gasteiger partial charge in [0.25, 0.3) is 0 Å². The maximum absolute atomic E-state index is 13.4. The summed E-state index contributed by atoms with van der Waals surface area (Å²) in [4.78, 5) is 0. The molecule has 0 saturated carbocycles. The summed E-state index contributed by atoms with van der Waals surface area (Å²) in [6, 6.07) is 4.70. The van der Waals surface area contributed by atoms with Gasteiger partial charge in [0.15, 0.2) is 0 Å². The van der Waals surface area contributed by atoms with Gasteiger partial charge >= 0.3 is 0 Å². The molecule has 1 aromatic carbocycles. The van der Waals surface area contributed by atoms with Crippen LogP contribution in [0.15, 0.2) is 18.2 Å². The molecule has 3 heteroatoms. The van der Waals surface area contributed by atoms with Crippen LogP contribution in [0.2, 0.25) is 0 Å². The Balaban J connectivity index is 2.78. The third-order valence-corrected chi connectivity index (χ3v) is 1.83. The lowest BCUT2D eigenvalue weighted by molar-refractivity contribution is 0.131. The zero-order valence-corrected chi connectivity index (χ0v) is 8.59. The number of aliphatic hydroxyl groups excluding tert-OH is 1. The van der Waals surface area contributed by atoms with E-state index in [1.165, 1.54) is 6.07 Å². The van der Waals surface area contributed by atoms with Crippen LogP contribution in [0.4, 0.5) is 4.39 Å². The van der Waals surface area contributed by atoms with Crippen molar-refractivity contribution in [1.29, 1.82) is 0 Å². The maximum atomic E-state index is 13.4. The Morgan fingerprint density at radius 3 is 2.87 bits per heavy atom. The topological polar surface area (TPSA) is 29.5 Å². The smallest absolute Gasteiger partial charge is 0.129 e. The molecule has 2 nitrogen and oxygen atoms in total. The first kappa shape index (κ1) is 11.7. The molecule has 0 bridgehead atoms. The van der Waals surface area contributed by atoms with E-state index in [-0.39, 0.29) is 19.0 Å². The molecule has 0 fully saturated rings. The average molecular weight is 208 g/mol. The van der Waals surface area contributed by atoms with Gasteiger partial charge in [-0.2, -0.15) is 0 Å². The fourth-order valence-corrected chi connectivity index (χ4v) is 1.10. The molecule has 80 valence electrons. The summed E-state index contributed by atoms with van der Waals surface area (Å²) in [6.45, 7) is 2.48.